The molecule has 1 N–H and O–H groups in total. The first-order chi connectivity index (χ1) is 32.4. The summed E-state index contributed by atoms with van der Waals surface area (Å²) in [6, 6.07) is 5.56. The van der Waals surface area contributed by atoms with E-state index in [1.54, 1.807) is 33.3 Å². The zero-order valence-corrected chi connectivity index (χ0v) is 46.0. The van der Waals surface area contributed by atoms with Gasteiger partial charge in [0.05, 0.1) is 22.8 Å². The molecule has 4 nitrogen and oxygen atoms in total. The van der Waals surface area contributed by atoms with Gasteiger partial charge in [0.2, 0.25) is 0 Å². The maximum Gasteiger partial charge on any atom is 0.254 e. The Balaban J connectivity index is 1.23. The van der Waals surface area contributed by atoms with Crippen LogP contribution in [0.1, 0.15) is 205 Å². The highest BCUT2D eigenvalue weighted by Gasteiger charge is 2.65. The van der Waals surface area contributed by atoms with Crippen LogP contribution in [0.25, 0.3) is 0 Å². The molecule has 0 radical (unpaired) electrons. The molecule has 10 aliphatic rings. The van der Waals surface area contributed by atoms with Gasteiger partial charge in [0, 0.05) is 57.3 Å². The maximum absolute atomic E-state index is 4.60. The Morgan fingerprint density at radius 1 is 0.884 bits per heavy atom. The fourth-order valence-corrected chi connectivity index (χ4v) is 16.3. The highest BCUT2D eigenvalue weighted by molar-refractivity contribution is 6.89. The van der Waals surface area contributed by atoms with E-state index in [-0.39, 0.29) is 56.8 Å². The summed E-state index contributed by atoms with van der Waals surface area (Å²) in [5, 5.41) is 3.99. The van der Waals surface area contributed by atoms with E-state index in [1.807, 2.05) is 0 Å². The minimum atomic E-state index is -0.0624. The molecule has 6 unspecified atom stereocenters. The van der Waals surface area contributed by atoms with Gasteiger partial charge in [-0.05, 0) is 127 Å². The van der Waals surface area contributed by atoms with Crippen LogP contribution in [-0.4, -0.2) is 33.6 Å². The number of hydrogen-bond donors (Lipinski definition) is 1. The molecule has 5 heteroatoms. The van der Waals surface area contributed by atoms with Crippen molar-refractivity contribution in [2.75, 3.05) is 4.90 Å². The average Bonchev–Trinajstić information content (AvgIpc) is 3.84. The lowest BCUT2D eigenvalue weighted by Gasteiger charge is -2.53. The van der Waals surface area contributed by atoms with E-state index >= 15 is 0 Å². The number of hydrogen-bond acceptors (Lipinski definition) is 4. The zero-order valence-electron chi connectivity index (χ0n) is 46.0. The van der Waals surface area contributed by atoms with Gasteiger partial charge in [-0.2, -0.15) is 0 Å². The molecular weight excluding hydrogens is 836 g/mol. The third-order valence-electron chi connectivity index (χ3n) is 20.4. The summed E-state index contributed by atoms with van der Waals surface area (Å²) in [5.41, 5.74) is 24.5. The van der Waals surface area contributed by atoms with E-state index in [2.05, 4.69) is 197 Å². The summed E-state index contributed by atoms with van der Waals surface area (Å²) < 4.78 is 0. The molecular formula is C64H87BN4. The van der Waals surface area contributed by atoms with Crippen molar-refractivity contribution in [3.63, 3.8) is 0 Å². The zero-order chi connectivity index (χ0) is 49.2. The number of nitrogens with zero attached hydrogens (tertiary/aromatic N) is 3. The molecule has 69 heavy (non-hydrogen) atoms. The summed E-state index contributed by atoms with van der Waals surface area (Å²) in [5.74, 6) is 2.34. The van der Waals surface area contributed by atoms with Gasteiger partial charge in [-0.15, -0.1) is 0 Å². The van der Waals surface area contributed by atoms with Crippen LogP contribution >= 0.6 is 0 Å². The first-order valence-electron chi connectivity index (χ1n) is 28.0. The Labute approximate surface area is 419 Å². The van der Waals surface area contributed by atoms with Gasteiger partial charge in [-0.3, -0.25) is 0 Å². The molecule has 1 aromatic rings. The number of benzene rings is 1. The molecule has 0 aromatic heterocycles. The molecule has 0 saturated heterocycles. The highest BCUT2D eigenvalue weighted by atomic mass is 15.3. The molecule has 5 aliphatic carbocycles. The molecule has 2 saturated carbocycles. The number of nitrogens with one attached hydrogen (secondary N) is 1. The summed E-state index contributed by atoms with van der Waals surface area (Å²) in [6.07, 6.45) is 34.8. The SMILES string of the molecule is CC/C=C1/C(CC)C2=C(C3C=C(C(C)(C)C)C=C4B5C6=C=C(/C=C(/N7C(N/C=C\CC(C)(C)C)=CC8(C)CCCC[C@@]78C)C/C=C\6N6c7c5cc(C(C)C)cc7C5(C)CCCCC65C)N2C43)C1(C)C. The molecule has 2 fully saturated rings. The van der Waals surface area contributed by atoms with Gasteiger partial charge in [0.15, 0.2) is 0 Å². The van der Waals surface area contributed by atoms with Gasteiger partial charge in [-0.25, -0.2) is 0 Å². The van der Waals surface area contributed by atoms with Crippen LogP contribution in [0.15, 0.2) is 123 Å². The molecule has 5 aliphatic heterocycles. The number of anilines is 1. The monoisotopic (exact) mass is 923 g/mol. The molecule has 1 aromatic carbocycles. The fraction of sp³-hybridized carbons (Fsp3) is 0.609. The number of rotatable bonds is 7. The van der Waals surface area contributed by atoms with Crippen molar-refractivity contribution >= 4 is 17.9 Å². The second-order valence-electron chi connectivity index (χ2n) is 27.5. The molecule has 11 rings (SSSR count). The third-order valence-corrected chi connectivity index (χ3v) is 20.4. The van der Waals surface area contributed by atoms with E-state index in [0.717, 1.165) is 25.7 Å². The van der Waals surface area contributed by atoms with E-state index in [9.17, 15) is 0 Å². The first-order valence-corrected chi connectivity index (χ1v) is 28.0. The first kappa shape index (κ1) is 47.3. The third kappa shape index (κ3) is 6.45. The Bertz CT molecular complexity index is 2740. The topological polar surface area (TPSA) is 21.8 Å². The van der Waals surface area contributed by atoms with Crippen molar-refractivity contribution in [2.45, 2.75) is 216 Å². The van der Waals surface area contributed by atoms with E-state index in [4.69, 9.17) is 0 Å². The highest BCUT2D eigenvalue weighted by Crippen LogP contribution is 2.67. The smallest absolute Gasteiger partial charge is 0.254 e. The fourth-order valence-electron chi connectivity index (χ4n) is 16.3. The predicted octanol–water partition coefficient (Wildman–Crippen LogP) is 15.5. The summed E-state index contributed by atoms with van der Waals surface area (Å²) in [7, 11) is 0. The van der Waals surface area contributed by atoms with Crippen LogP contribution in [-0.2, 0) is 5.41 Å². The van der Waals surface area contributed by atoms with Crippen molar-refractivity contribution in [2.24, 2.45) is 33.5 Å². The Morgan fingerprint density at radius 3 is 2.28 bits per heavy atom. The van der Waals surface area contributed by atoms with E-state index in [1.165, 1.54) is 96.6 Å². The standard InChI is InChI=1S/C64H87BN4/c1-17-24-47-45(18-2)56-54(60(47,11)12)46-35-42(59(8,9)10)36-51-55(46)67(56)44-37-43(68-53(66-32-23-27-58(5,6)7)39-61(13)28-19-21-30-63(61,68)15)25-26-52-49(38-44)65(51)50-34-41(40(3)4)33-48-57(50)69(52)64(16)31-22-20-29-62(48,64)14/h23-24,26,32-37,39-40,45-46,55,66H,17-22,25,27-31H2,1-16H3/b32-23-,43-37+,47-24-,52-26+/t45?,46?,55?,61?,62?,63-,64?/m1/s1. The number of fused-ring (bicyclic) bond motifs is 10. The molecule has 0 spiro atoms. The van der Waals surface area contributed by atoms with E-state index < -0.39 is 0 Å². The van der Waals surface area contributed by atoms with Gasteiger partial charge in [0.1, 0.15) is 5.82 Å². The summed E-state index contributed by atoms with van der Waals surface area (Å²) in [4.78, 5) is 8.73. The summed E-state index contributed by atoms with van der Waals surface area (Å²) >= 11 is 0. The van der Waals surface area contributed by atoms with Crippen LogP contribution in [0.5, 0.6) is 0 Å². The molecule has 2 bridgehead atoms. The molecule has 7 atom stereocenters. The minimum Gasteiger partial charge on any atom is -0.349 e. The van der Waals surface area contributed by atoms with Crippen LogP contribution in [0.4, 0.5) is 5.69 Å². The van der Waals surface area contributed by atoms with Crippen molar-refractivity contribution in [1.29, 1.82) is 0 Å². The largest absolute Gasteiger partial charge is 0.349 e. The molecule has 5 heterocycles. The van der Waals surface area contributed by atoms with Gasteiger partial charge in [-0.1, -0.05) is 182 Å². The Kier molecular flexibility index (Phi) is 10.6. The Hall–Kier alpha value is -4.08. The van der Waals surface area contributed by atoms with Gasteiger partial charge >= 0.3 is 0 Å². The van der Waals surface area contributed by atoms with Crippen LogP contribution in [0, 0.1) is 33.5 Å². The average molecular weight is 923 g/mol. The summed E-state index contributed by atoms with van der Waals surface area (Å²) in [6.45, 7) is 39.8. The quantitative estimate of drug-likeness (QED) is 0.167. The maximum atomic E-state index is 4.60. The second kappa shape index (κ2) is 15.5. The van der Waals surface area contributed by atoms with Crippen LogP contribution in [0.3, 0.4) is 0 Å². The number of allylic oxidation sites excluding steroid dienone is 7. The van der Waals surface area contributed by atoms with Gasteiger partial charge in [0.25, 0.3) is 6.71 Å². The predicted molar refractivity (Wildman–Crippen MR) is 293 cm³/mol. The van der Waals surface area contributed by atoms with Gasteiger partial charge < -0.3 is 20.0 Å². The lowest BCUT2D eigenvalue weighted by atomic mass is 9.31. The molecule has 0 amide bonds. The van der Waals surface area contributed by atoms with Crippen LogP contribution in [0.2, 0.25) is 0 Å². The van der Waals surface area contributed by atoms with E-state index in [0.29, 0.717) is 11.8 Å². The van der Waals surface area contributed by atoms with Crippen molar-refractivity contribution in [1.82, 2.24) is 15.1 Å². The van der Waals surface area contributed by atoms with Crippen molar-refractivity contribution < 1.29 is 0 Å². The Morgan fingerprint density at radius 2 is 1.59 bits per heavy atom. The lowest BCUT2D eigenvalue weighted by Crippen LogP contribution is -2.59. The minimum absolute atomic E-state index is 0.000477. The van der Waals surface area contributed by atoms with Crippen LogP contribution < -0.4 is 15.7 Å². The van der Waals surface area contributed by atoms with Crippen molar-refractivity contribution in [3.05, 3.63) is 134 Å². The second-order valence-corrected chi connectivity index (χ2v) is 27.5. The normalized spacial score (nSPS) is 36.0. The molecule has 366 valence electrons. The lowest BCUT2D eigenvalue weighted by molar-refractivity contribution is 0.0484. The van der Waals surface area contributed by atoms with Crippen molar-refractivity contribution in [3.8, 4) is 0 Å².